The van der Waals surface area contributed by atoms with Crippen LogP contribution in [0, 0.1) is 5.82 Å². The van der Waals surface area contributed by atoms with Crippen molar-refractivity contribution >= 4 is 26.0 Å². The van der Waals surface area contributed by atoms with Crippen LogP contribution < -0.4 is 9.88 Å². The number of benzene rings is 1. The SMILES string of the molecule is NS(=O)(=O)c1cc(Br)c(OCCC2CCCO2)cc1F. The lowest BCUT2D eigenvalue weighted by molar-refractivity contribution is 0.0902. The summed E-state index contributed by atoms with van der Waals surface area (Å²) in [6.45, 7) is 1.14. The third-order valence-electron chi connectivity index (χ3n) is 3.01. The summed E-state index contributed by atoms with van der Waals surface area (Å²) in [7, 11) is -4.09. The molecule has 20 heavy (non-hydrogen) atoms. The van der Waals surface area contributed by atoms with E-state index in [-0.39, 0.29) is 11.9 Å². The molecule has 2 rings (SSSR count). The van der Waals surface area contributed by atoms with E-state index in [4.69, 9.17) is 14.6 Å². The van der Waals surface area contributed by atoms with Crippen molar-refractivity contribution in [2.45, 2.75) is 30.3 Å². The maximum atomic E-state index is 13.7. The minimum absolute atomic E-state index is 0.183. The first-order valence-corrected chi connectivity index (χ1v) is 8.48. The van der Waals surface area contributed by atoms with Crippen molar-refractivity contribution < 1.29 is 22.3 Å². The fraction of sp³-hybridized carbons (Fsp3) is 0.500. The van der Waals surface area contributed by atoms with Crippen molar-refractivity contribution in [3.05, 3.63) is 22.4 Å². The smallest absolute Gasteiger partial charge is 0.241 e. The van der Waals surface area contributed by atoms with Crippen molar-refractivity contribution in [2.24, 2.45) is 5.14 Å². The average molecular weight is 368 g/mol. The van der Waals surface area contributed by atoms with Gasteiger partial charge >= 0.3 is 0 Å². The van der Waals surface area contributed by atoms with E-state index in [0.29, 0.717) is 17.5 Å². The third-order valence-corrected chi connectivity index (χ3v) is 4.56. The highest BCUT2D eigenvalue weighted by molar-refractivity contribution is 9.10. The zero-order chi connectivity index (χ0) is 14.8. The predicted molar refractivity (Wildman–Crippen MR) is 74.6 cm³/mol. The summed E-state index contributed by atoms with van der Waals surface area (Å²) in [6.07, 6.45) is 2.95. The third kappa shape index (κ3) is 3.91. The van der Waals surface area contributed by atoms with Gasteiger partial charge in [0.2, 0.25) is 10.0 Å². The standard InChI is InChI=1S/C12H15BrFNO4S/c13-9-6-12(20(15,16)17)10(14)7-11(9)19-5-3-8-2-1-4-18-8/h6-8H,1-5H2,(H2,15,16,17). The summed E-state index contributed by atoms with van der Waals surface area (Å²) in [5, 5.41) is 4.91. The van der Waals surface area contributed by atoms with Crippen molar-refractivity contribution in [3.8, 4) is 5.75 Å². The summed E-state index contributed by atoms with van der Waals surface area (Å²) in [4.78, 5) is -0.559. The van der Waals surface area contributed by atoms with Crippen LogP contribution >= 0.6 is 15.9 Å². The Kier molecular flexibility index (Phi) is 5.00. The van der Waals surface area contributed by atoms with E-state index in [1.807, 2.05) is 0 Å². The predicted octanol–water partition coefficient (Wildman–Crippen LogP) is 2.18. The molecule has 0 aliphatic carbocycles. The first-order chi connectivity index (χ1) is 9.38. The van der Waals surface area contributed by atoms with Gasteiger partial charge in [-0.25, -0.2) is 17.9 Å². The molecule has 1 unspecified atom stereocenters. The average Bonchev–Trinajstić information content (AvgIpc) is 2.84. The number of primary sulfonamides is 1. The Morgan fingerprint density at radius 1 is 1.50 bits per heavy atom. The second kappa shape index (κ2) is 6.38. The topological polar surface area (TPSA) is 78.6 Å². The van der Waals surface area contributed by atoms with Gasteiger partial charge in [-0.2, -0.15) is 0 Å². The molecule has 1 fully saturated rings. The molecule has 0 amide bonds. The van der Waals surface area contributed by atoms with Crippen LogP contribution in [0.3, 0.4) is 0 Å². The Morgan fingerprint density at radius 3 is 2.85 bits per heavy atom. The minimum Gasteiger partial charge on any atom is -0.492 e. The molecule has 0 spiro atoms. The number of nitrogens with two attached hydrogens (primary N) is 1. The normalized spacial score (nSPS) is 19.2. The fourth-order valence-electron chi connectivity index (χ4n) is 2.01. The van der Waals surface area contributed by atoms with Gasteiger partial charge in [0, 0.05) is 19.1 Å². The Hall–Kier alpha value is -0.700. The zero-order valence-electron chi connectivity index (χ0n) is 10.6. The first-order valence-electron chi connectivity index (χ1n) is 6.14. The highest BCUT2D eigenvalue weighted by atomic mass is 79.9. The van der Waals surface area contributed by atoms with Gasteiger partial charge in [0.15, 0.2) is 0 Å². The van der Waals surface area contributed by atoms with Crippen molar-refractivity contribution in [1.29, 1.82) is 0 Å². The van der Waals surface area contributed by atoms with Gasteiger partial charge in [0.1, 0.15) is 16.5 Å². The molecule has 1 saturated heterocycles. The van der Waals surface area contributed by atoms with E-state index in [1.165, 1.54) is 0 Å². The van der Waals surface area contributed by atoms with E-state index in [0.717, 1.165) is 31.6 Å². The lowest BCUT2D eigenvalue weighted by atomic mass is 10.2. The van der Waals surface area contributed by atoms with Gasteiger partial charge in [-0.1, -0.05) is 0 Å². The van der Waals surface area contributed by atoms with E-state index in [9.17, 15) is 12.8 Å². The quantitative estimate of drug-likeness (QED) is 0.864. The van der Waals surface area contributed by atoms with Crippen molar-refractivity contribution in [2.75, 3.05) is 13.2 Å². The Labute approximate surface area is 125 Å². The number of ether oxygens (including phenoxy) is 2. The van der Waals surface area contributed by atoms with Gasteiger partial charge in [0.25, 0.3) is 0 Å². The van der Waals surface area contributed by atoms with Crippen LogP contribution in [0.1, 0.15) is 19.3 Å². The summed E-state index contributed by atoms with van der Waals surface area (Å²) in [5.74, 6) is -0.685. The first kappa shape index (κ1) is 15.7. The molecular formula is C12H15BrFNO4S. The lowest BCUT2D eigenvalue weighted by Gasteiger charge is -2.12. The van der Waals surface area contributed by atoms with Gasteiger partial charge in [-0.15, -0.1) is 0 Å². The highest BCUT2D eigenvalue weighted by Crippen LogP contribution is 2.30. The molecule has 1 atom stereocenters. The maximum absolute atomic E-state index is 13.7. The second-order valence-electron chi connectivity index (χ2n) is 4.53. The molecule has 0 saturated carbocycles. The number of rotatable bonds is 5. The second-order valence-corrected chi connectivity index (χ2v) is 6.91. The summed E-state index contributed by atoms with van der Waals surface area (Å²) >= 11 is 3.14. The number of halogens is 2. The number of sulfonamides is 1. The molecule has 2 N–H and O–H groups in total. The van der Waals surface area contributed by atoms with E-state index >= 15 is 0 Å². The molecule has 112 valence electrons. The van der Waals surface area contributed by atoms with Gasteiger partial charge in [-0.05, 0) is 34.8 Å². The molecule has 0 bridgehead atoms. The summed E-state index contributed by atoms with van der Waals surface area (Å²) < 4.78 is 47.2. The highest BCUT2D eigenvalue weighted by Gasteiger charge is 2.19. The molecule has 1 aliphatic rings. The molecule has 8 heteroatoms. The molecule has 5 nitrogen and oxygen atoms in total. The minimum atomic E-state index is -4.09. The summed E-state index contributed by atoms with van der Waals surface area (Å²) in [6, 6.07) is 2.12. The summed E-state index contributed by atoms with van der Waals surface area (Å²) in [5.41, 5.74) is 0. The number of hydrogen-bond acceptors (Lipinski definition) is 4. The zero-order valence-corrected chi connectivity index (χ0v) is 13.0. The molecule has 0 radical (unpaired) electrons. The van der Waals surface area contributed by atoms with Crippen LogP contribution in [0.25, 0.3) is 0 Å². The molecule has 1 aliphatic heterocycles. The molecule has 1 heterocycles. The van der Waals surface area contributed by atoms with Gasteiger partial charge in [-0.3, -0.25) is 0 Å². The number of hydrogen-bond donors (Lipinski definition) is 1. The van der Waals surface area contributed by atoms with Crippen LogP contribution in [0.15, 0.2) is 21.5 Å². The van der Waals surface area contributed by atoms with Crippen LogP contribution in [-0.2, 0) is 14.8 Å². The Bertz CT molecular complexity index is 587. The van der Waals surface area contributed by atoms with Crippen LogP contribution in [0.2, 0.25) is 0 Å². The molecular weight excluding hydrogens is 353 g/mol. The van der Waals surface area contributed by atoms with Crippen LogP contribution in [0.4, 0.5) is 4.39 Å². The lowest BCUT2D eigenvalue weighted by Crippen LogP contribution is -2.15. The Balaban J connectivity index is 2.03. The Morgan fingerprint density at radius 2 is 2.25 bits per heavy atom. The molecule has 1 aromatic rings. The van der Waals surface area contributed by atoms with Crippen molar-refractivity contribution in [1.82, 2.24) is 0 Å². The van der Waals surface area contributed by atoms with E-state index in [2.05, 4.69) is 15.9 Å². The molecule has 0 aromatic heterocycles. The van der Waals surface area contributed by atoms with Gasteiger partial charge in [0.05, 0.1) is 17.2 Å². The van der Waals surface area contributed by atoms with Crippen LogP contribution in [-0.4, -0.2) is 27.7 Å². The maximum Gasteiger partial charge on any atom is 0.241 e. The fourth-order valence-corrected chi connectivity index (χ4v) is 3.23. The largest absolute Gasteiger partial charge is 0.492 e. The monoisotopic (exact) mass is 367 g/mol. The van der Waals surface area contributed by atoms with Crippen LogP contribution in [0.5, 0.6) is 5.75 Å². The van der Waals surface area contributed by atoms with E-state index in [1.54, 1.807) is 0 Å². The van der Waals surface area contributed by atoms with Crippen molar-refractivity contribution in [3.63, 3.8) is 0 Å². The molecule has 1 aromatic carbocycles. The van der Waals surface area contributed by atoms with Gasteiger partial charge < -0.3 is 9.47 Å². The van der Waals surface area contributed by atoms with E-state index < -0.39 is 20.7 Å².